The highest BCUT2D eigenvalue weighted by Crippen LogP contribution is 2.74. The number of fused-ring (bicyclic) bond motifs is 5. The summed E-state index contributed by atoms with van der Waals surface area (Å²) in [5.74, 6) is -0.945. The van der Waals surface area contributed by atoms with Crippen molar-refractivity contribution >= 4 is 17.7 Å². The van der Waals surface area contributed by atoms with Gasteiger partial charge < -0.3 is 14.9 Å². The fourth-order valence-corrected chi connectivity index (χ4v) is 9.60. The van der Waals surface area contributed by atoms with Crippen LogP contribution in [-0.4, -0.2) is 40.1 Å². The van der Waals surface area contributed by atoms with Gasteiger partial charge in [0.15, 0.2) is 0 Å². The topological polar surface area (TPSA) is 101 Å². The molecule has 0 bridgehead atoms. The van der Waals surface area contributed by atoms with Crippen LogP contribution < -0.4 is 0 Å². The van der Waals surface area contributed by atoms with E-state index in [0.29, 0.717) is 49.0 Å². The Labute approximate surface area is 221 Å². The van der Waals surface area contributed by atoms with Crippen LogP contribution in [0.1, 0.15) is 99.8 Å². The molecule has 0 aromatic rings. The second-order valence-corrected chi connectivity index (χ2v) is 13.4. The smallest absolute Gasteiger partial charge is 0.331 e. The van der Waals surface area contributed by atoms with Crippen LogP contribution in [0.3, 0.4) is 0 Å². The third-order valence-electron chi connectivity index (χ3n) is 11.4. The number of aliphatic hydroxyl groups excluding tert-OH is 1. The van der Waals surface area contributed by atoms with E-state index < -0.39 is 24.1 Å². The van der Waals surface area contributed by atoms with Crippen molar-refractivity contribution in [3.63, 3.8) is 0 Å². The van der Waals surface area contributed by atoms with Gasteiger partial charge in [-0.05, 0) is 98.4 Å². The minimum Gasteiger partial charge on any atom is -0.478 e. The largest absolute Gasteiger partial charge is 0.478 e. The minimum absolute atomic E-state index is 0.00236. The summed E-state index contributed by atoms with van der Waals surface area (Å²) >= 11 is 0. The number of esters is 1. The first-order valence-electron chi connectivity index (χ1n) is 14.1. The molecule has 4 fully saturated rings. The number of hydrogen-bond donors (Lipinski definition) is 2. The summed E-state index contributed by atoms with van der Waals surface area (Å²) in [6.45, 7) is 14.3. The van der Waals surface area contributed by atoms with Crippen molar-refractivity contribution in [1.82, 2.24) is 0 Å². The van der Waals surface area contributed by atoms with Gasteiger partial charge in [0.05, 0.1) is 6.10 Å². The first-order chi connectivity index (χ1) is 17.2. The number of ether oxygens (including phenoxy) is 1. The number of aliphatic carboxylic acids is 1. The molecule has 37 heavy (non-hydrogen) atoms. The fourth-order valence-electron chi connectivity index (χ4n) is 9.60. The monoisotopic (exact) mass is 514 g/mol. The standard InChI is InChI=1S/C31H46O6/c1-17(2)9-8-10-20(28(35)36)26-22-15-24(34)27-29(5)13-12-23(33)18(3)21(29)11-14-30(27,6)31(22,7)16-25(26)37-19(4)32/h9,18,21-22,24-25,27,34H,8,10-16H2,1-7H3,(H,35,36)/b26-20-/t18-,21?,22-,24+,25-,27-,29-,30-,31-/m0/s1. The van der Waals surface area contributed by atoms with Crippen LogP contribution in [0.4, 0.5) is 0 Å². The van der Waals surface area contributed by atoms with Gasteiger partial charge in [-0.3, -0.25) is 9.59 Å². The van der Waals surface area contributed by atoms with E-state index in [1.54, 1.807) is 0 Å². The highest BCUT2D eigenvalue weighted by atomic mass is 16.5. The molecule has 4 aliphatic carbocycles. The van der Waals surface area contributed by atoms with Gasteiger partial charge in [0, 0.05) is 24.8 Å². The first kappa shape index (κ1) is 28.1. The van der Waals surface area contributed by atoms with Crippen LogP contribution in [0, 0.1) is 39.9 Å². The molecule has 0 spiro atoms. The Morgan fingerprint density at radius 1 is 1.11 bits per heavy atom. The van der Waals surface area contributed by atoms with E-state index in [9.17, 15) is 24.6 Å². The average molecular weight is 515 g/mol. The van der Waals surface area contributed by atoms with Gasteiger partial charge in [0.25, 0.3) is 0 Å². The van der Waals surface area contributed by atoms with Crippen molar-refractivity contribution < 1.29 is 29.3 Å². The lowest BCUT2D eigenvalue weighted by Gasteiger charge is -2.68. The number of carboxylic acid groups (broad SMARTS) is 1. The highest BCUT2D eigenvalue weighted by Gasteiger charge is 2.70. The number of hydrogen-bond acceptors (Lipinski definition) is 5. The van der Waals surface area contributed by atoms with Crippen molar-refractivity contribution in [3.8, 4) is 0 Å². The molecule has 0 saturated heterocycles. The number of carboxylic acids is 1. The van der Waals surface area contributed by atoms with Crippen LogP contribution in [-0.2, 0) is 19.1 Å². The maximum Gasteiger partial charge on any atom is 0.331 e. The van der Waals surface area contributed by atoms with E-state index in [4.69, 9.17) is 4.74 Å². The molecular formula is C31H46O6. The minimum atomic E-state index is -0.962. The Hall–Kier alpha value is -1.95. The molecule has 6 heteroatoms. The second kappa shape index (κ2) is 9.66. The van der Waals surface area contributed by atoms with E-state index in [2.05, 4.69) is 27.7 Å². The SMILES string of the molecule is CC(=O)O[C@H]1C[C@@]2(C)[C@@H](C[C@@H](O)[C@H]3[C@@]4(C)CCC(=O)[C@@H](C)C4CC[C@@]32C)/C1=C(\CCC=C(C)C)C(=O)O. The van der Waals surface area contributed by atoms with E-state index in [-0.39, 0.29) is 39.9 Å². The summed E-state index contributed by atoms with van der Waals surface area (Å²) in [7, 11) is 0. The maximum atomic E-state index is 12.6. The van der Waals surface area contributed by atoms with Gasteiger partial charge >= 0.3 is 11.9 Å². The van der Waals surface area contributed by atoms with Crippen LogP contribution in [0.25, 0.3) is 0 Å². The van der Waals surface area contributed by atoms with Crippen LogP contribution >= 0.6 is 0 Å². The molecule has 4 aliphatic rings. The molecule has 0 heterocycles. The van der Waals surface area contributed by atoms with E-state index >= 15 is 0 Å². The number of carbonyl (C=O) groups excluding carboxylic acids is 2. The quantitative estimate of drug-likeness (QED) is 0.270. The lowest BCUT2D eigenvalue weighted by Crippen LogP contribution is -2.65. The summed E-state index contributed by atoms with van der Waals surface area (Å²) in [4.78, 5) is 37.4. The van der Waals surface area contributed by atoms with Crippen molar-refractivity contribution in [2.24, 2.45) is 39.9 Å². The van der Waals surface area contributed by atoms with Crippen LogP contribution in [0.2, 0.25) is 0 Å². The normalized spacial score (nSPS) is 44.3. The zero-order valence-electron chi connectivity index (χ0n) is 23.7. The van der Waals surface area contributed by atoms with Gasteiger partial charge in [-0.1, -0.05) is 39.3 Å². The summed E-state index contributed by atoms with van der Waals surface area (Å²) in [5.41, 5.74) is 1.42. The van der Waals surface area contributed by atoms with Crippen molar-refractivity contribution in [3.05, 3.63) is 22.8 Å². The van der Waals surface area contributed by atoms with E-state index in [1.165, 1.54) is 6.92 Å². The average Bonchev–Trinajstić information content (AvgIpc) is 3.05. The molecule has 0 amide bonds. The molecule has 4 rings (SSSR count). The first-order valence-corrected chi connectivity index (χ1v) is 14.1. The molecule has 2 N–H and O–H groups in total. The summed E-state index contributed by atoms with van der Waals surface area (Å²) in [6, 6.07) is 0. The van der Waals surface area contributed by atoms with Crippen molar-refractivity contribution in [2.75, 3.05) is 0 Å². The number of allylic oxidation sites excluding steroid dienone is 2. The maximum absolute atomic E-state index is 12.6. The van der Waals surface area contributed by atoms with Crippen LogP contribution in [0.15, 0.2) is 22.8 Å². The molecule has 0 aromatic carbocycles. The second-order valence-electron chi connectivity index (χ2n) is 13.4. The fraction of sp³-hybridized carbons (Fsp3) is 0.774. The molecule has 0 aliphatic heterocycles. The van der Waals surface area contributed by atoms with Gasteiger partial charge in [-0.2, -0.15) is 0 Å². The molecule has 1 unspecified atom stereocenters. The summed E-state index contributed by atoms with van der Waals surface area (Å²) in [6.07, 6.45) is 6.01. The number of Topliss-reactive ketones (excluding diaryl/α,β-unsaturated/α-hetero) is 1. The molecule has 9 atom stereocenters. The van der Waals surface area contributed by atoms with Crippen molar-refractivity contribution in [1.29, 1.82) is 0 Å². The Morgan fingerprint density at radius 2 is 1.78 bits per heavy atom. The molecular weight excluding hydrogens is 468 g/mol. The Balaban J connectivity index is 1.83. The Bertz CT molecular complexity index is 1040. The van der Waals surface area contributed by atoms with Gasteiger partial charge in [0.2, 0.25) is 0 Å². The molecule has 0 radical (unpaired) electrons. The highest BCUT2D eigenvalue weighted by molar-refractivity contribution is 5.88. The summed E-state index contributed by atoms with van der Waals surface area (Å²) < 4.78 is 5.86. The number of rotatable bonds is 5. The van der Waals surface area contributed by atoms with Crippen molar-refractivity contribution in [2.45, 2.75) is 112 Å². The van der Waals surface area contributed by atoms with Gasteiger partial charge in [-0.15, -0.1) is 0 Å². The Kier molecular flexibility index (Phi) is 7.33. The Morgan fingerprint density at radius 3 is 2.38 bits per heavy atom. The predicted molar refractivity (Wildman–Crippen MR) is 142 cm³/mol. The lowest BCUT2D eigenvalue weighted by molar-refractivity contribution is -0.223. The molecule has 206 valence electrons. The number of carbonyl (C=O) groups is 3. The number of ketones is 1. The molecule has 0 aromatic heterocycles. The third kappa shape index (κ3) is 4.31. The third-order valence-corrected chi connectivity index (χ3v) is 11.4. The van der Waals surface area contributed by atoms with Gasteiger partial charge in [0.1, 0.15) is 11.9 Å². The predicted octanol–water partition coefficient (Wildman–Crippen LogP) is 5.87. The van der Waals surface area contributed by atoms with E-state index in [0.717, 1.165) is 24.8 Å². The molecule has 6 nitrogen and oxygen atoms in total. The van der Waals surface area contributed by atoms with Gasteiger partial charge in [-0.25, -0.2) is 4.79 Å². The molecule has 4 saturated carbocycles. The number of aliphatic hydroxyl groups is 1. The zero-order valence-corrected chi connectivity index (χ0v) is 23.7. The van der Waals surface area contributed by atoms with E-state index in [1.807, 2.05) is 19.9 Å². The summed E-state index contributed by atoms with van der Waals surface area (Å²) in [5, 5.41) is 22.2. The van der Waals surface area contributed by atoms with Crippen LogP contribution in [0.5, 0.6) is 0 Å². The lowest BCUT2D eigenvalue weighted by atomic mass is 9.36. The zero-order chi connectivity index (χ0) is 27.5.